The van der Waals surface area contributed by atoms with Crippen LogP contribution in [0, 0.1) is 18.6 Å². The summed E-state index contributed by atoms with van der Waals surface area (Å²) < 4.78 is 29.2. The quantitative estimate of drug-likeness (QED) is 0.498. The summed E-state index contributed by atoms with van der Waals surface area (Å²) in [6.45, 7) is 3.96. The Hall–Kier alpha value is -2.94. The van der Waals surface area contributed by atoms with E-state index in [9.17, 15) is 28.3 Å². The zero-order chi connectivity index (χ0) is 22.9. The molecule has 0 spiro atoms. The van der Waals surface area contributed by atoms with Gasteiger partial charge in [-0.05, 0) is 32.8 Å². The maximum atomic E-state index is 14.1. The molecule has 166 valence electrons. The summed E-state index contributed by atoms with van der Waals surface area (Å²) >= 11 is 5.56. The first-order valence-electron chi connectivity index (χ1n) is 9.78. The van der Waals surface area contributed by atoms with Crippen molar-refractivity contribution in [3.05, 3.63) is 61.5 Å². The third-order valence-corrected chi connectivity index (χ3v) is 5.93. The van der Waals surface area contributed by atoms with Crippen LogP contribution in [0.15, 0.2) is 16.9 Å². The highest BCUT2D eigenvalue weighted by Gasteiger charge is 2.32. The monoisotopic (exact) mass is 453 g/mol. The Labute approximate surface area is 182 Å². The van der Waals surface area contributed by atoms with Crippen LogP contribution in [0.3, 0.4) is 0 Å². The van der Waals surface area contributed by atoms with Gasteiger partial charge in [-0.25, -0.2) is 8.78 Å². The van der Waals surface area contributed by atoms with Crippen molar-refractivity contribution in [2.75, 3.05) is 13.1 Å². The number of amides is 2. The van der Waals surface area contributed by atoms with Crippen molar-refractivity contribution in [2.45, 2.75) is 39.3 Å². The van der Waals surface area contributed by atoms with Gasteiger partial charge >= 0.3 is 0 Å². The van der Waals surface area contributed by atoms with E-state index in [2.05, 4.69) is 5.32 Å². The lowest BCUT2D eigenvalue weighted by Gasteiger charge is -2.25. The molecule has 0 aliphatic carbocycles. The Morgan fingerprint density at radius 1 is 1.42 bits per heavy atom. The smallest absolute Gasteiger partial charge is 0.257 e. The lowest BCUT2D eigenvalue weighted by molar-refractivity contribution is -0.118. The van der Waals surface area contributed by atoms with E-state index >= 15 is 0 Å². The molecule has 31 heavy (non-hydrogen) atoms. The summed E-state index contributed by atoms with van der Waals surface area (Å²) in [5.41, 5.74) is -0.328. The fourth-order valence-electron chi connectivity index (χ4n) is 3.91. The highest BCUT2D eigenvalue weighted by Crippen LogP contribution is 2.32. The van der Waals surface area contributed by atoms with E-state index in [0.29, 0.717) is 37.3 Å². The number of carbonyl (C=O) groups excluding carboxylic acids is 2. The van der Waals surface area contributed by atoms with E-state index in [1.807, 2.05) is 6.92 Å². The Balaban J connectivity index is 1.93. The number of hydrogen-bond acceptors (Lipinski definition) is 4. The molecule has 2 aromatic rings. The number of rotatable bonds is 7. The molecule has 2 N–H and O–H groups in total. The number of halogens is 3. The number of pyridine rings is 1. The van der Waals surface area contributed by atoms with Crippen LogP contribution in [0.25, 0.3) is 0 Å². The minimum absolute atomic E-state index is 0.0460. The van der Waals surface area contributed by atoms with Crippen molar-refractivity contribution in [2.24, 2.45) is 0 Å². The van der Waals surface area contributed by atoms with Crippen molar-refractivity contribution in [3.8, 4) is 5.75 Å². The Morgan fingerprint density at radius 2 is 2.13 bits per heavy atom. The second kappa shape index (κ2) is 9.05. The number of likely N-dealkylation sites (N-methyl/N-ethyl adjacent to an activating group) is 1. The van der Waals surface area contributed by atoms with Gasteiger partial charge in [0.25, 0.3) is 5.91 Å². The zero-order valence-corrected chi connectivity index (χ0v) is 17.8. The molecular formula is C21H22ClF2N3O4. The summed E-state index contributed by atoms with van der Waals surface area (Å²) in [4.78, 5) is 38.3. The minimum Gasteiger partial charge on any atom is -0.503 e. The first-order valence-corrected chi connectivity index (χ1v) is 10.2. The van der Waals surface area contributed by atoms with Crippen LogP contribution in [-0.2, 0) is 17.8 Å². The van der Waals surface area contributed by atoms with Crippen molar-refractivity contribution in [1.82, 2.24) is 14.8 Å². The van der Waals surface area contributed by atoms with E-state index in [0.717, 1.165) is 18.5 Å². The van der Waals surface area contributed by atoms with Gasteiger partial charge < -0.3 is 19.9 Å². The molecule has 2 heterocycles. The number of benzene rings is 1. The first kappa shape index (κ1) is 22.7. The van der Waals surface area contributed by atoms with E-state index < -0.39 is 33.7 Å². The standard InChI is InChI=1S/C21H22ClF2N3O4/c1-3-26(10-28)9-13-5-7-15-16(20(30)19(29)11(2)27(13)15)21(31)25-8-12-4-6-14(23)17(22)18(12)24/h4,6,10,13,29H,3,5,7-9H2,1-2H3,(H,25,31). The highest BCUT2D eigenvalue weighted by atomic mass is 35.5. The molecule has 0 bridgehead atoms. The normalized spacial score (nSPS) is 14.9. The maximum Gasteiger partial charge on any atom is 0.257 e. The molecule has 2 amide bonds. The molecular weight excluding hydrogens is 432 g/mol. The molecule has 1 aromatic carbocycles. The molecule has 0 saturated carbocycles. The second-order valence-corrected chi connectivity index (χ2v) is 7.74. The number of nitrogens with zero attached hydrogens (tertiary/aromatic N) is 2. The van der Waals surface area contributed by atoms with Crippen LogP contribution in [0.5, 0.6) is 5.75 Å². The first-order chi connectivity index (χ1) is 14.7. The van der Waals surface area contributed by atoms with Crippen molar-refractivity contribution >= 4 is 23.9 Å². The lowest BCUT2D eigenvalue weighted by Crippen LogP contribution is -2.33. The minimum atomic E-state index is -0.996. The van der Waals surface area contributed by atoms with Gasteiger partial charge in [-0.2, -0.15) is 0 Å². The Bertz CT molecular complexity index is 1100. The largest absolute Gasteiger partial charge is 0.503 e. The number of nitrogens with one attached hydrogen (secondary N) is 1. The van der Waals surface area contributed by atoms with Crippen molar-refractivity contribution < 1.29 is 23.5 Å². The lowest BCUT2D eigenvalue weighted by atomic mass is 10.1. The Kier molecular flexibility index (Phi) is 6.64. The summed E-state index contributed by atoms with van der Waals surface area (Å²) in [5.74, 6) is -3.25. The molecule has 7 nitrogen and oxygen atoms in total. The van der Waals surface area contributed by atoms with Crippen LogP contribution in [0.4, 0.5) is 8.78 Å². The van der Waals surface area contributed by atoms with Crippen LogP contribution in [0.1, 0.15) is 46.7 Å². The van der Waals surface area contributed by atoms with Crippen LogP contribution >= 0.6 is 11.6 Å². The number of fused-ring (bicyclic) bond motifs is 1. The second-order valence-electron chi connectivity index (χ2n) is 7.36. The van der Waals surface area contributed by atoms with E-state index in [1.165, 1.54) is 0 Å². The summed E-state index contributed by atoms with van der Waals surface area (Å²) in [6, 6.07) is 1.93. The molecule has 1 unspecified atom stereocenters. The topological polar surface area (TPSA) is 91.6 Å². The fourth-order valence-corrected chi connectivity index (χ4v) is 4.10. The van der Waals surface area contributed by atoms with E-state index in [-0.39, 0.29) is 23.7 Å². The van der Waals surface area contributed by atoms with Gasteiger partial charge in [0.15, 0.2) is 5.75 Å². The molecule has 0 saturated heterocycles. The fraction of sp³-hybridized carbons (Fsp3) is 0.381. The van der Waals surface area contributed by atoms with Gasteiger partial charge in [-0.3, -0.25) is 14.4 Å². The third-order valence-electron chi connectivity index (χ3n) is 5.59. The average molecular weight is 454 g/mol. The van der Waals surface area contributed by atoms with Crippen molar-refractivity contribution in [1.29, 1.82) is 0 Å². The molecule has 1 aliphatic heterocycles. The van der Waals surface area contributed by atoms with Gasteiger partial charge in [-0.1, -0.05) is 17.7 Å². The molecule has 1 aromatic heterocycles. The number of aromatic hydroxyl groups is 1. The average Bonchev–Trinajstić information content (AvgIpc) is 3.17. The summed E-state index contributed by atoms with van der Waals surface area (Å²) in [7, 11) is 0. The SMILES string of the molecule is CCN(C=O)CC1CCc2c(C(=O)NCc3ccc(F)c(Cl)c3F)c(=O)c(O)c(C)n21. The van der Waals surface area contributed by atoms with Crippen molar-refractivity contribution in [3.63, 3.8) is 0 Å². The summed E-state index contributed by atoms with van der Waals surface area (Å²) in [5, 5.41) is 12.1. The summed E-state index contributed by atoms with van der Waals surface area (Å²) in [6.07, 6.45) is 1.71. The molecule has 0 radical (unpaired) electrons. The zero-order valence-electron chi connectivity index (χ0n) is 17.0. The predicted octanol–water partition coefficient (Wildman–Crippen LogP) is 2.69. The van der Waals surface area contributed by atoms with E-state index in [1.54, 1.807) is 16.4 Å². The molecule has 0 fully saturated rings. The van der Waals surface area contributed by atoms with Gasteiger partial charge in [0.2, 0.25) is 11.8 Å². The van der Waals surface area contributed by atoms with E-state index in [4.69, 9.17) is 11.6 Å². The molecule has 1 atom stereocenters. The number of hydrogen-bond donors (Lipinski definition) is 2. The number of carbonyl (C=O) groups is 2. The highest BCUT2D eigenvalue weighted by molar-refractivity contribution is 6.30. The molecule has 10 heteroatoms. The van der Waals surface area contributed by atoms with Gasteiger partial charge in [0, 0.05) is 30.9 Å². The maximum absolute atomic E-state index is 14.1. The third kappa shape index (κ3) is 4.14. The van der Waals surface area contributed by atoms with Crippen LogP contribution in [-0.4, -0.2) is 40.0 Å². The van der Waals surface area contributed by atoms with Gasteiger partial charge in [0.05, 0.1) is 11.7 Å². The number of aromatic nitrogens is 1. The van der Waals surface area contributed by atoms with Crippen LogP contribution in [0.2, 0.25) is 5.02 Å². The molecule has 3 rings (SSSR count). The predicted molar refractivity (Wildman–Crippen MR) is 110 cm³/mol. The van der Waals surface area contributed by atoms with Gasteiger partial charge in [0.1, 0.15) is 22.2 Å². The van der Waals surface area contributed by atoms with Gasteiger partial charge in [-0.15, -0.1) is 0 Å². The Morgan fingerprint density at radius 3 is 2.77 bits per heavy atom. The van der Waals surface area contributed by atoms with Crippen LogP contribution < -0.4 is 10.7 Å². The molecule has 1 aliphatic rings.